The Kier molecular flexibility index (Phi) is 7.23. The fourth-order valence-corrected chi connectivity index (χ4v) is 3.41. The van der Waals surface area contributed by atoms with Crippen molar-refractivity contribution < 1.29 is 23.0 Å². The number of aromatic nitrogens is 3. The van der Waals surface area contributed by atoms with Crippen molar-refractivity contribution in [2.75, 3.05) is 18.2 Å². The number of carbonyl (C=O) groups excluding carboxylic acids is 1. The summed E-state index contributed by atoms with van der Waals surface area (Å²) >= 11 is 1.23. The van der Waals surface area contributed by atoms with E-state index >= 15 is 0 Å². The highest BCUT2D eigenvalue weighted by molar-refractivity contribution is 7.99. The molecule has 0 atom stereocenters. The van der Waals surface area contributed by atoms with Crippen molar-refractivity contribution >= 4 is 23.4 Å². The molecule has 0 saturated carbocycles. The molecule has 3 rings (SSSR count). The van der Waals surface area contributed by atoms with Crippen LogP contribution in [0.2, 0.25) is 0 Å². The molecule has 10 heteroatoms. The maximum absolute atomic E-state index is 13.7. The molecule has 158 valence electrons. The van der Waals surface area contributed by atoms with Crippen LogP contribution in [0.3, 0.4) is 0 Å². The second-order valence-electron chi connectivity index (χ2n) is 6.07. The molecule has 1 N–H and O–H groups in total. The SMILES string of the molecule is CCn1c(COc2ccc(F)cc2F)nnc1SCC(=O)Nc1ccc(OC)cc1. The summed E-state index contributed by atoms with van der Waals surface area (Å²) in [5.41, 5.74) is 0.661. The lowest BCUT2D eigenvalue weighted by Crippen LogP contribution is -2.15. The molecule has 1 aromatic heterocycles. The third-order valence-electron chi connectivity index (χ3n) is 4.07. The van der Waals surface area contributed by atoms with Gasteiger partial charge in [-0.05, 0) is 43.3 Å². The number of hydrogen-bond donors (Lipinski definition) is 1. The number of nitrogens with one attached hydrogen (secondary N) is 1. The Morgan fingerprint density at radius 2 is 1.93 bits per heavy atom. The van der Waals surface area contributed by atoms with Gasteiger partial charge in [-0.3, -0.25) is 4.79 Å². The zero-order valence-corrected chi connectivity index (χ0v) is 17.2. The first-order valence-corrected chi connectivity index (χ1v) is 10.0. The topological polar surface area (TPSA) is 78.3 Å². The van der Waals surface area contributed by atoms with E-state index in [0.717, 1.165) is 12.1 Å². The molecular formula is C20H20F2N4O3S. The summed E-state index contributed by atoms with van der Waals surface area (Å²) in [6, 6.07) is 10.1. The summed E-state index contributed by atoms with van der Waals surface area (Å²) in [6.45, 7) is 2.40. The molecule has 0 unspecified atom stereocenters. The molecule has 30 heavy (non-hydrogen) atoms. The highest BCUT2D eigenvalue weighted by Gasteiger charge is 2.15. The van der Waals surface area contributed by atoms with Crippen molar-refractivity contribution in [3.8, 4) is 11.5 Å². The van der Waals surface area contributed by atoms with E-state index in [1.165, 1.54) is 17.8 Å². The van der Waals surface area contributed by atoms with Crippen LogP contribution < -0.4 is 14.8 Å². The number of methoxy groups -OCH3 is 1. The second kappa shape index (κ2) is 10.1. The molecule has 7 nitrogen and oxygen atoms in total. The minimum atomic E-state index is -0.789. The number of rotatable bonds is 9. The summed E-state index contributed by atoms with van der Waals surface area (Å²) in [6.07, 6.45) is 0. The Morgan fingerprint density at radius 3 is 2.60 bits per heavy atom. The Morgan fingerprint density at radius 1 is 1.17 bits per heavy atom. The van der Waals surface area contributed by atoms with E-state index < -0.39 is 11.6 Å². The molecule has 0 aliphatic heterocycles. The molecular weight excluding hydrogens is 414 g/mol. The lowest BCUT2D eigenvalue weighted by atomic mass is 10.3. The average Bonchev–Trinajstić information content (AvgIpc) is 3.14. The zero-order valence-electron chi connectivity index (χ0n) is 16.4. The van der Waals surface area contributed by atoms with Gasteiger partial charge in [0.1, 0.15) is 18.2 Å². The van der Waals surface area contributed by atoms with Gasteiger partial charge < -0.3 is 19.4 Å². The smallest absolute Gasteiger partial charge is 0.234 e. The van der Waals surface area contributed by atoms with E-state index in [1.807, 2.05) is 6.92 Å². The number of carbonyl (C=O) groups is 1. The number of ether oxygens (including phenoxy) is 2. The average molecular weight is 434 g/mol. The number of benzene rings is 2. The van der Waals surface area contributed by atoms with Crippen LogP contribution in [0, 0.1) is 11.6 Å². The Labute approximate surface area is 176 Å². The predicted molar refractivity (Wildman–Crippen MR) is 109 cm³/mol. The van der Waals surface area contributed by atoms with Crippen molar-refractivity contribution in [3.63, 3.8) is 0 Å². The Bertz CT molecular complexity index is 1010. The van der Waals surface area contributed by atoms with Gasteiger partial charge in [0.15, 0.2) is 22.5 Å². The number of anilines is 1. The van der Waals surface area contributed by atoms with Gasteiger partial charge in [-0.15, -0.1) is 10.2 Å². The first-order valence-electron chi connectivity index (χ1n) is 9.06. The quantitative estimate of drug-likeness (QED) is 0.515. The molecule has 3 aromatic rings. The molecule has 0 radical (unpaired) electrons. The van der Waals surface area contributed by atoms with Crippen LogP contribution in [0.15, 0.2) is 47.6 Å². The van der Waals surface area contributed by atoms with E-state index in [4.69, 9.17) is 9.47 Å². The van der Waals surface area contributed by atoms with Gasteiger partial charge in [0.2, 0.25) is 5.91 Å². The zero-order chi connectivity index (χ0) is 21.5. The lowest BCUT2D eigenvalue weighted by Gasteiger charge is -2.10. The van der Waals surface area contributed by atoms with E-state index in [2.05, 4.69) is 15.5 Å². The van der Waals surface area contributed by atoms with Crippen molar-refractivity contribution in [2.24, 2.45) is 0 Å². The maximum Gasteiger partial charge on any atom is 0.234 e. The minimum Gasteiger partial charge on any atom is -0.497 e. The van der Waals surface area contributed by atoms with Crippen molar-refractivity contribution in [1.82, 2.24) is 14.8 Å². The highest BCUT2D eigenvalue weighted by Crippen LogP contribution is 2.22. The summed E-state index contributed by atoms with van der Waals surface area (Å²) < 4.78 is 38.9. The molecule has 0 saturated heterocycles. The van der Waals surface area contributed by atoms with Gasteiger partial charge in [0.05, 0.1) is 12.9 Å². The van der Waals surface area contributed by atoms with Gasteiger partial charge in [0.25, 0.3) is 0 Å². The van der Waals surface area contributed by atoms with Crippen LogP contribution in [0.1, 0.15) is 12.7 Å². The van der Waals surface area contributed by atoms with E-state index in [1.54, 1.807) is 35.9 Å². The Balaban J connectivity index is 1.57. The number of nitrogens with zero attached hydrogens (tertiary/aromatic N) is 3. The fourth-order valence-electron chi connectivity index (χ4n) is 2.59. The largest absolute Gasteiger partial charge is 0.497 e. The van der Waals surface area contributed by atoms with Gasteiger partial charge >= 0.3 is 0 Å². The van der Waals surface area contributed by atoms with Crippen molar-refractivity contribution in [2.45, 2.75) is 25.2 Å². The van der Waals surface area contributed by atoms with Crippen molar-refractivity contribution in [3.05, 3.63) is 59.9 Å². The lowest BCUT2D eigenvalue weighted by molar-refractivity contribution is -0.113. The number of hydrogen-bond acceptors (Lipinski definition) is 6. The number of thioether (sulfide) groups is 1. The Hall–Kier alpha value is -3.14. The van der Waals surface area contributed by atoms with Crippen LogP contribution >= 0.6 is 11.8 Å². The van der Waals surface area contributed by atoms with Crippen LogP contribution in [0.4, 0.5) is 14.5 Å². The molecule has 2 aromatic carbocycles. The molecule has 0 spiro atoms. The van der Waals surface area contributed by atoms with Gasteiger partial charge in [-0.1, -0.05) is 11.8 Å². The van der Waals surface area contributed by atoms with E-state index in [-0.39, 0.29) is 24.0 Å². The van der Waals surface area contributed by atoms with E-state index in [0.29, 0.717) is 29.0 Å². The van der Waals surface area contributed by atoms with Crippen LogP contribution in [-0.4, -0.2) is 33.5 Å². The summed E-state index contributed by atoms with van der Waals surface area (Å²) in [4.78, 5) is 12.2. The minimum absolute atomic E-state index is 0.0397. The summed E-state index contributed by atoms with van der Waals surface area (Å²) in [7, 11) is 1.57. The van der Waals surface area contributed by atoms with Crippen LogP contribution in [-0.2, 0) is 17.9 Å². The fraction of sp³-hybridized carbons (Fsp3) is 0.250. The molecule has 0 aliphatic rings. The molecule has 0 fully saturated rings. The first kappa shape index (κ1) is 21.6. The number of amides is 1. The number of halogens is 2. The van der Waals surface area contributed by atoms with E-state index in [9.17, 15) is 13.6 Å². The first-order chi connectivity index (χ1) is 14.5. The van der Waals surface area contributed by atoms with Crippen molar-refractivity contribution in [1.29, 1.82) is 0 Å². The van der Waals surface area contributed by atoms with Gasteiger partial charge in [0, 0.05) is 18.3 Å². The normalized spacial score (nSPS) is 10.7. The third-order valence-corrected chi connectivity index (χ3v) is 5.03. The molecule has 1 heterocycles. The molecule has 1 amide bonds. The molecule has 0 bridgehead atoms. The van der Waals surface area contributed by atoms with Crippen LogP contribution in [0.25, 0.3) is 0 Å². The molecule has 0 aliphatic carbocycles. The van der Waals surface area contributed by atoms with Gasteiger partial charge in [-0.2, -0.15) is 0 Å². The standard InChI is InChI=1S/C20H20F2N4O3S/c1-3-26-18(11-29-17-9-4-13(21)10-16(17)22)24-25-20(26)30-12-19(27)23-14-5-7-15(28-2)8-6-14/h4-10H,3,11-12H2,1-2H3,(H,23,27). The highest BCUT2D eigenvalue weighted by atomic mass is 32.2. The second-order valence-corrected chi connectivity index (χ2v) is 7.01. The summed E-state index contributed by atoms with van der Waals surface area (Å²) in [5.74, 6) is -0.423. The monoisotopic (exact) mass is 434 g/mol. The third kappa shape index (κ3) is 5.47. The summed E-state index contributed by atoms with van der Waals surface area (Å²) in [5, 5.41) is 11.5. The van der Waals surface area contributed by atoms with Crippen LogP contribution in [0.5, 0.6) is 11.5 Å². The predicted octanol–water partition coefficient (Wildman–Crippen LogP) is 3.89. The van der Waals surface area contributed by atoms with Gasteiger partial charge in [-0.25, -0.2) is 8.78 Å². The maximum atomic E-state index is 13.7.